The molecule has 2 saturated carbocycles. The number of rotatable bonds is 8. The van der Waals surface area contributed by atoms with Crippen molar-refractivity contribution >= 4 is 23.4 Å². The SMILES string of the molecule is O=C(Nc1ccc(Oc2ccnc(NC(=O)N3CCC(O)CC3)c2)c(F)c1)c1cn(CC2CC2)c(=O)n([C@@H]2CCC2F)c1=O. The highest BCUT2D eigenvalue weighted by Crippen LogP contribution is 2.34. The van der Waals surface area contributed by atoms with E-state index in [9.17, 15) is 28.7 Å². The van der Waals surface area contributed by atoms with Crippen molar-refractivity contribution in [2.45, 2.75) is 63.4 Å². The number of alkyl halides is 1. The zero-order chi connectivity index (χ0) is 31.0. The van der Waals surface area contributed by atoms with E-state index >= 15 is 4.39 Å². The van der Waals surface area contributed by atoms with Gasteiger partial charge in [0.05, 0.1) is 12.1 Å². The summed E-state index contributed by atoms with van der Waals surface area (Å²) in [4.78, 5) is 57.5. The van der Waals surface area contributed by atoms with Crippen molar-refractivity contribution in [3.8, 4) is 11.5 Å². The molecule has 2 aliphatic carbocycles. The Morgan fingerprint density at radius 3 is 2.45 bits per heavy atom. The quantitative estimate of drug-likeness (QED) is 0.353. The second-order valence-electron chi connectivity index (χ2n) is 11.5. The van der Waals surface area contributed by atoms with Crippen LogP contribution in [-0.4, -0.2) is 61.4 Å². The minimum Gasteiger partial charge on any atom is -0.454 e. The maximum absolute atomic E-state index is 15.0. The Labute approximate surface area is 250 Å². The molecule has 44 heavy (non-hydrogen) atoms. The summed E-state index contributed by atoms with van der Waals surface area (Å²) in [5.74, 6) is -1.19. The first-order valence-corrected chi connectivity index (χ1v) is 14.6. The largest absolute Gasteiger partial charge is 0.454 e. The number of pyridine rings is 1. The lowest BCUT2D eigenvalue weighted by Crippen LogP contribution is -2.49. The number of carbonyl (C=O) groups excluding carboxylic acids is 2. The Hall–Kier alpha value is -4.59. The minimum absolute atomic E-state index is 0.0343. The number of aliphatic hydroxyl groups excluding tert-OH is 1. The fourth-order valence-electron chi connectivity index (χ4n) is 5.30. The van der Waals surface area contributed by atoms with Crippen LogP contribution in [0.15, 0.2) is 52.3 Å². The highest BCUT2D eigenvalue weighted by atomic mass is 19.1. The van der Waals surface area contributed by atoms with Gasteiger partial charge in [0.15, 0.2) is 11.6 Å². The van der Waals surface area contributed by atoms with Crippen molar-refractivity contribution in [2.75, 3.05) is 23.7 Å². The molecular weight excluding hydrogens is 578 g/mol. The fourth-order valence-corrected chi connectivity index (χ4v) is 5.30. The van der Waals surface area contributed by atoms with Crippen molar-refractivity contribution < 1.29 is 28.2 Å². The van der Waals surface area contributed by atoms with E-state index in [1.807, 2.05) is 0 Å². The number of carbonyl (C=O) groups is 2. The van der Waals surface area contributed by atoms with Crippen LogP contribution < -0.4 is 26.6 Å². The lowest BCUT2D eigenvalue weighted by Gasteiger charge is -2.31. The summed E-state index contributed by atoms with van der Waals surface area (Å²) in [5, 5.41) is 14.8. The number of ether oxygens (including phenoxy) is 1. The molecule has 232 valence electrons. The first-order valence-electron chi connectivity index (χ1n) is 14.6. The number of nitrogens with one attached hydrogen (secondary N) is 2. The van der Waals surface area contributed by atoms with E-state index in [2.05, 4.69) is 15.6 Å². The number of amides is 3. The van der Waals surface area contributed by atoms with Gasteiger partial charge < -0.3 is 20.1 Å². The van der Waals surface area contributed by atoms with Crippen LogP contribution in [-0.2, 0) is 6.54 Å². The lowest BCUT2D eigenvalue weighted by molar-refractivity contribution is 0.0970. The van der Waals surface area contributed by atoms with E-state index in [1.165, 1.54) is 41.2 Å². The van der Waals surface area contributed by atoms with Crippen molar-refractivity contribution in [2.24, 2.45) is 5.92 Å². The molecule has 2 atom stereocenters. The van der Waals surface area contributed by atoms with Crippen LogP contribution in [0.25, 0.3) is 0 Å². The van der Waals surface area contributed by atoms with Gasteiger partial charge in [-0.25, -0.2) is 23.4 Å². The molecule has 0 spiro atoms. The first kappa shape index (κ1) is 29.5. The Morgan fingerprint density at radius 1 is 1.02 bits per heavy atom. The number of nitrogens with zero attached hydrogens (tertiary/aromatic N) is 4. The van der Waals surface area contributed by atoms with Gasteiger partial charge in [-0.2, -0.15) is 0 Å². The molecule has 14 heteroatoms. The van der Waals surface area contributed by atoms with Gasteiger partial charge in [0.25, 0.3) is 11.5 Å². The predicted molar refractivity (Wildman–Crippen MR) is 155 cm³/mol. The number of likely N-dealkylation sites (tertiary alicyclic amines) is 1. The summed E-state index contributed by atoms with van der Waals surface area (Å²) in [6.07, 6.45) is 4.23. The molecule has 0 bridgehead atoms. The Balaban J connectivity index is 1.15. The number of urea groups is 1. The maximum atomic E-state index is 15.0. The normalized spacial score (nSPS) is 20.1. The fraction of sp³-hybridized carbons (Fsp3) is 0.433. The number of benzene rings is 1. The van der Waals surface area contributed by atoms with Gasteiger partial charge in [-0.1, -0.05) is 0 Å². The van der Waals surface area contributed by atoms with E-state index < -0.39 is 41.3 Å². The zero-order valence-electron chi connectivity index (χ0n) is 23.7. The van der Waals surface area contributed by atoms with E-state index in [-0.39, 0.29) is 46.9 Å². The molecule has 3 N–H and O–H groups in total. The first-order chi connectivity index (χ1) is 21.2. The average Bonchev–Trinajstić information content (AvgIpc) is 3.82. The molecule has 0 radical (unpaired) electrons. The Kier molecular flexibility index (Phi) is 8.17. The third-order valence-corrected chi connectivity index (χ3v) is 8.21. The molecular formula is C30H32F2N6O6. The van der Waals surface area contributed by atoms with Crippen LogP contribution in [0.2, 0.25) is 0 Å². The summed E-state index contributed by atoms with van der Waals surface area (Å²) in [6, 6.07) is 5.31. The van der Waals surface area contributed by atoms with E-state index in [4.69, 9.17) is 4.74 Å². The van der Waals surface area contributed by atoms with Crippen molar-refractivity contribution in [3.05, 3.63) is 74.9 Å². The molecule has 1 unspecified atom stereocenters. The standard InChI is InChI=1S/C30H32F2N6O6/c31-22-4-5-24(22)38-28(41)21(16-37(30(38)43)15-17-1-2-17)27(40)34-18-3-6-25(23(32)13-18)44-20-7-10-33-26(14-20)35-29(42)36-11-8-19(39)9-12-36/h3,6-7,10,13-14,16-17,19,22,24,39H,1-2,4-5,8-9,11-12,15H2,(H,34,40)(H,33,35,42)/t22?,24-/m1/s1. The van der Waals surface area contributed by atoms with Gasteiger partial charge in [-0.05, 0) is 62.6 Å². The Morgan fingerprint density at radius 2 is 1.80 bits per heavy atom. The van der Waals surface area contributed by atoms with Crippen molar-refractivity contribution in [1.82, 2.24) is 19.0 Å². The number of aromatic nitrogens is 3. The molecule has 3 fully saturated rings. The summed E-state index contributed by atoms with van der Waals surface area (Å²) in [5.41, 5.74) is -1.82. The third-order valence-electron chi connectivity index (χ3n) is 8.21. The van der Waals surface area contributed by atoms with Gasteiger partial charge in [-0.15, -0.1) is 0 Å². The molecule has 12 nitrogen and oxygen atoms in total. The predicted octanol–water partition coefficient (Wildman–Crippen LogP) is 3.66. The molecule has 3 aliphatic rings. The zero-order valence-corrected chi connectivity index (χ0v) is 23.7. The van der Waals surface area contributed by atoms with Gasteiger partial charge in [0.2, 0.25) is 0 Å². The number of hydrogen-bond acceptors (Lipinski definition) is 7. The van der Waals surface area contributed by atoms with Crippen LogP contribution in [0.3, 0.4) is 0 Å². The highest BCUT2D eigenvalue weighted by molar-refractivity contribution is 6.03. The second kappa shape index (κ2) is 12.2. The van der Waals surface area contributed by atoms with Gasteiger partial charge in [0.1, 0.15) is 23.3 Å². The molecule has 3 aromatic rings. The minimum atomic E-state index is -1.34. The van der Waals surface area contributed by atoms with Crippen LogP contribution in [0.4, 0.5) is 25.1 Å². The number of hydrogen-bond donors (Lipinski definition) is 3. The number of anilines is 2. The van der Waals surface area contributed by atoms with E-state index in [1.54, 1.807) is 4.90 Å². The lowest BCUT2D eigenvalue weighted by atomic mass is 9.90. The molecule has 1 aliphatic heterocycles. The van der Waals surface area contributed by atoms with Gasteiger partial charge >= 0.3 is 11.7 Å². The summed E-state index contributed by atoms with van der Waals surface area (Å²) < 4.78 is 37.0. The van der Waals surface area contributed by atoms with Gasteiger partial charge in [0, 0.05) is 49.8 Å². The van der Waals surface area contributed by atoms with Crippen molar-refractivity contribution in [3.63, 3.8) is 0 Å². The monoisotopic (exact) mass is 610 g/mol. The summed E-state index contributed by atoms with van der Waals surface area (Å²) in [7, 11) is 0. The molecule has 1 saturated heterocycles. The highest BCUT2D eigenvalue weighted by Gasteiger charge is 2.36. The van der Waals surface area contributed by atoms with Crippen LogP contribution in [0, 0.1) is 11.7 Å². The third kappa shape index (κ3) is 6.34. The van der Waals surface area contributed by atoms with Crippen molar-refractivity contribution in [1.29, 1.82) is 0 Å². The topological polar surface area (TPSA) is 148 Å². The van der Waals surface area contributed by atoms with Crippen LogP contribution in [0.5, 0.6) is 11.5 Å². The maximum Gasteiger partial charge on any atom is 0.331 e. The molecule has 6 rings (SSSR count). The molecule has 3 heterocycles. The van der Waals surface area contributed by atoms with Gasteiger partial charge in [-0.3, -0.25) is 24.0 Å². The molecule has 3 amide bonds. The molecule has 2 aromatic heterocycles. The summed E-state index contributed by atoms with van der Waals surface area (Å²) in [6.45, 7) is 1.15. The Bertz CT molecular complexity index is 1700. The second-order valence-corrected chi connectivity index (χ2v) is 11.5. The molecule has 1 aromatic carbocycles. The van der Waals surface area contributed by atoms with E-state index in [0.717, 1.165) is 23.5 Å². The smallest absolute Gasteiger partial charge is 0.331 e. The van der Waals surface area contributed by atoms with Crippen LogP contribution >= 0.6 is 0 Å². The number of aliphatic hydroxyl groups is 1. The van der Waals surface area contributed by atoms with Crippen LogP contribution in [0.1, 0.15) is 54.9 Å². The number of piperidine rings is 1. The number of halogens is 2. The summed E-state index contributed by atoms with van der Waals surface area (Å²) >= 11 is 0. The average molecular weight is 611 g/mol. The van der Waals surface area contributed by atoms with E-state index in [0.29, 0.717) is 38.9 Å².